The molecule has 16 heavy (non-hydrogen) atoms. The Kier molecular flexibility index (Phi) is 4.23. The summed E-state index contributed by atoms with van der Waals surface area (Å²) in [5.41, 5.74) is 4.08. The lowest BCUT2D eigenvalue weighted by Gasteiger charge is -2.02. The molecule has 0 saturated carbocycles. The molecule has 2 rings (SSSR count). The average Bonchev–Trinajstić information content (AvgIpc) is 2.63. The normalized spacial score (nSPS) is 9.56. The van der Waals surface area contributed by atoms with Crippen LogP contribution in [0.25, 0.3) is 11.1 Å². The molecule has 0 aliphatic carbocycles. The van der Waals surface area contributed by atoms with E-state index >= 15 is 0 Å². The summed E-state index contributed by atoms with van der Waals surface area (Å²) in [6.45, 7) is 9.85. The summed E-state index contributed by atoms with van der Waals surface area (Å²) in [4.78, 5) is 4.25. The Hall–Kier alpha value is -1.64. The summed E-state index contributed by atoms with van der Waals surface area (Å²) < 4.78 is 5.13. The van der Waals surface area contributed by atoms with Crippen molar-refractivity contribution in [2.45, 2.75) is 34.6 Å². The summed E-state index contributed by atoms with van der Waals surface area (Å²) in [6, 6.07) is 3.96. The van der Waals surface area contributed by atoms with Crippen LogP contribution in [0.5, 0.6) is 0 Å². The lowest BCUT2D eigenvalue weighted by molar-refractivity contribution is 0.393. The second kappa shape index (κ2) is 5.45. The molecular weight excluding hydrogens is 200 g/mol. The van der Waals surface area contributed by atoms with Gasteiger partial charge in [-0.1, -0.05) is 25.1 Å². The fourth-order valence-electron chi connectivity index (χ4n) is 1.62. The molecule has 3 heteroatoms. The zero-order valence-corrected chi connectivity index (χ0v) is 10.5. The first-order valence-corrected chi connectivity index (χ1v) is 5.55. The second-order valence-electron chi connectivity index (χ2n) is 3.34. The van der Waals surface area contributed by atoms with Crippen LogP contribution in [0.3, 0.4) is 0 Å². The van der Waals surface area contributed by atoms with Crippen molar-refractivity contribution in [1.29, 1.82) is 0 Å². The van der Waals surface area contributed by atoms with Crippen molar-refractivity contribution in [3.63, 3.8) is 0 Å². The van der Waals surface area contributed by atoms with Crippen molar-refractivity contribution in [1.82, 2.24) is 10.1 Å². The first-order chi connectivity index (χ1) is 7.70. The lowest BCUT2D eigenvalue weighted by Crippen LogP contribution is -1.88. The maximum atomic E-state index is 5.13. The Bertz CT molecular complexity index is 441. The van der Waals surface area contributed by atoms with E-state index in [-0.39, 0.29) is 0 Å². The number of nitrogens with zero attached hydrogens (tertiary/aromatic N) is 2. The van der Waals surface area contributed by atoms with Gasteiger partial charge in [0.05, 0.1) is 5.69 Å². The minimum absolute atomic E-state index is 0.846. The number of hydrogen-bond donors (Lipinski definition) is 0. The third kappa shape index (κ3) is 2.30. The van der Waals surface area contributed by atoms with Crippen LogP contribution in [0.15, 0.2) is 22.9 Å². The van der Waals surface area contributed by atoms with E-state index in [1.54, 1.807) is 6.20 Å². The quantitative estimate of drug-likeness (QED) is 0.732. The second-order valence-corrected chi connectivity index (χ2v) is 3.34. The van der Waals surface area contributed by atoms with Gasteiger partial charge in [0.15, 0.2) is 0 Å². The molecular formula is C13H18N2O. The molecule has 2 heterocycles. The van der Waals surface area contributed by atoms with Crippen molar-refractivity contribution in [2.75, 3.05) is 0 Å². The van der Waals surface area contributed by atoms with Crippen LogP contribution in [0.4, 0.5) is 0 Å². The number of hydrogen-bond acceptors (Lipinski definition) is 3. The fourth-order valence-corrected chi connectivity index (χ4v) is 1.62. The van der Waals surface area contributed by atoms with Gasteiger partial charge in [-0.3, -0.25) is 4.98 Å². The summed E-state index contributed by atoms with van der Waals surface area (Å²) in [7, 11) is 0. The van der Waals surface area contributed by atoms with Crippen LogP contribution in [0, 0.1) is 20.8 Å². The Balaban J connectivity index is 0.000000606. The van der Waals surface area contributed by atoms with Gasteiger partial charge in [-0.15, -0.1) is 0 Å². The summed E-state index contributed by atoms with van der Waals surface area (Å²) in [5, 5.41) is 3.93. The molecule has 0 aromatic carbocycles. The van der Waals surface area contributed by atoms with Crippen LogP contribution in [-0.4, -0.2) is 10.1 Å². The van der Waals surface area contributed by atoms with Crippen molar-refractivity contribution in [3.8, 4) is 11.1 Å². The predicted molar refractivity (Wildman–Crippen MR) is 65.3 cm³/mol. The molecule has 0 atom stereocenters. The van der Waals surface area contributed by atoms with E-state index in [0.717, 1.165) is 28.3 Å². The topological polar surface area (TPSA) is 38.9 Å². The van der Waals surface area contributed by atoms with Crippen LogP contribution < -0.4 is 0 Å². The standard InChI is InChI=1S/C11H12N2O.C2H6/c1-7-10(5-4-6-12-7)11-8(2)13-14-9(11)3;1-2/h4-6H,1-3H3;1-2H3. The molecule has 0 radical (unpaired) electrons. The highest BCUT2D eigenvalue weighted by atomic mass is 16.5. The number of aromatic nitrogens is 2. The first kappa shape index (κ1) is 12.4. The monoisotopic (exact) mass is 218 g/mol. The van der Waals surface area contributed by atoms with Gasteiger partial charge >= 0.3 is 0 Å². The lowest BCUT2D eigenvalue weighted by atomic mass is 10.0. The molecule has 0 amide bonds. The number of rotatable bonds is 1. The van der Waals surface area contributed by atoms with E-state index in [1.807, 2.05) is 46.8 Å². The number of aryl methyl sites for hydroxylation is 3. The van der Waals surface area contributed by atoms with Gasteiger partial charge in [0.2, 0.25) is 0 Å². The molecule has 86 valence electrons. The van der Waals surface area contributed by atoms with Gasteiger partial charge in [-0.05, 0) is 26.8 Å². The zero-order chi connectivity index (χ0) is 12.1. The van der Waals surface area contributed by atoms with E-state index in [4.69, 9.17) is 4.52 Å². The molecule has 0 fully saturated rings. The molecule has 3 nitrogen and oxygen atoms in total. The third-order valence-corrected chi connectivity index (χ3v) is 2.31. The van der Waals surface area contributed by atoms with Gasteiger partial charge in [0.25, 0.3) is 0 Å². The highest BCUT2D eigenvalue weighted by Crippen LogP contribution is 2.27. The SMILES string of the molecule is CC.Cc1ncccc1-c1c(C)noc1C. The zero-order valence-electron chi connectivity index (χ0n) is 10.5. The van der Waals surface area contributed by atoms with Crippen molar-refractivity contribution < 1.29 is 4.52 Å². The molecule has 0 unspecified atom stereocenters. The van der Waals surface area contributed by atoms with E-state index < -0.39 is 0 Å². The Morgan fingerprint density at radius 1 is 1.06 bits per heavy atom. The van der Waals surface area contributed by atoms with Crippen LogP contribution in [0.1, 0.15) is 31.0 Å². The molecule has 0 aliphatic heterocycles. The molecule has 0 bridgehead atoms. The van der Waals surface area contributed by atoms with Crippen LogP contribution >= 0.6 is 0 Å². The summed E-state index contributed by atoms with van der Waals surface area (Å²) >= 11 is 0. The summed E-state index contributed by atoms with van der Waals surface area (Å²) in [5.74, 6) is 0.846. The van der Waals surface area contributed by atoms with Crippen molar-refractivity contribution >= 4 is 0 Å². The third-order valence-electron chi connectivity index (χ3n) is 2.31. The predicted octanol–water partition coefficient (Wildman–Crippen LogP) is 3.69. The van der Waals surface area contributed by atoms with Gasteiger partial charge in [-0.2, -0.15) is 0 Å². The van der Waals surface area contributed by atoms with Crippen molar-refractivity contribution in [2.24, 2.45) is 0 Å². The molecule has 0 N–H and O–H groups in total. The van der Waals surface area contributed by atoms with E-state index in [2.05, 4.69) is 10.1 Å². The van der Waals surface area contributed by atoms with Gasteiger partial charge in [0.1, 0.15) is 5.76 Å². The number of pyridine rings is 1. The highest BCUT2D eigenvalue weighted by Gasteiger charge is 2.13. The Labute approximate surface area is 96.5 Å². The smallest absolute Gasteiger partial charge is 0.141 e. The maximum absolute atomic E-state index is 5.13. The summed E-state index contributed by atoms with van der Waals surface area (Å²) in [6.07, 6.45) is 1.79. The van der Waals surface area contributed by atoms with E-state index in [0.29, 0.717) is 0 Å². The van der Waals surface area contributed by atoms with Gasteiger partial charge < -0.3 is 4.52 Å². The van der Waals surface area contributed by atoms with E-state index in [9.17, 15) is 0 Å². The minimum Gasteiger partial charge on any atom is -0.361 e. The molecule has 2 aromatic rings. The van der Waals surface area contributed by atoms with Crippen LogP contribution in [0.2, 0.25) is 0 Å². The first-order valence-electron chi connectivity index (χ1n) is 5.55. The maximum Gasteiger partial charge on any atom is 0.141 e. The van der Waals surface area contributed by atoms with Crippen LogP contribution in [-0.2, 0) is 0 Å². The average molecular weight is 218 g/mol. The largest absolute Gasteiger partial charge is 0.361 e. The molecule has 2 aromatic heterocycles. The molecule has 0 saturated heterocycles. The molecule has 0 spiro atoms. The Morgan fingerprint density at radius 2 is 1.75 bits per heavy atom. The highest BCUT2D eigenvalue weighted by molar-refractivity contribution is 5.69. The van der Waals surface area contributed by atoms with Gasteiger partial charge in [-0.25, -0.2) is 0 Å². The minimum atomic E-state index is 0.846. The van der Waals surface area contributed by atoms with E-state index in [1.165, 1.54) is 0 Å². The molecule has 0 aliphatic rings. The Morgan fingerprint density at radius 3 is 2.25 bits per heavy atom. The van der Waals surface area contributed by atoms with Crippen molar-refractivity contribution in [3.05, 3.63) is 35.5 Å². The van der Waals surface area contributed by atoms with Gasteiger partial charge in [0, 0.05) is 23.0 Å². The fraction of sp³-hybridized carbons (Fsp3) is 0.385.